The molecule has 3 aromatic carbocycles. The van der Waals surface area contributed by atoms with E-state index in [1.165, 1.54) is 45.2 Å². The average molecular weight is 707 g/mol. The van der Waals surface area contributed by atoms with Crippen molar-refractivity contribution in [2.75, 3.05) is 0 Å². The molecule has 6 aromatic rings. The predicted octanol–water partition coefficient (Wildman–Crippen LogP) is 13.0. The van der Waals surface area contributed by atoms with Crippen LogP contribution in [0.4, 0.5) is 0 Å². The molecule has 0 saturated heterocycles. The number of aryl methyl sites for hydroxylation is 1. The molecule has 3 heterocycles. The number of rotatable bonds is 10. The van der Waals surface area contributed by atoms with Crippen LogP contribution in [0.25, 0.3) is 33.3 Å². The summed E-state index contributed by atoms with van der Waals surface area (Å²) >= 11 is 0. The number of ether oxygens (including phenoxy) is 1. The van der Waals surface area contributed by atoms with Gasteiger partial charge in [-0.3, -0.25) is 4.57 Å². The first-order valence-electron chi connectivity index (χ1n) is 19.9. The maximum atomic E-state index is 6.88. The van der Waals surface area contributed by atoms with Gasteiger partial charge in [0, 0.05) is 46.3 Å². The Kier molecular flexibility index (Phi) is 10.1. The van der Waals surface area contributed by atoms with Crippen LogP contribution >= 0.6 is 0 Å². The quantitative estimate of drug-likeness (QED) is 0.133. The average Bonchev–Trinajstić information content (AvgIpc) is 3.60. The minimum atomic E-state index is -0.0842. The smallest absolute Gasteiger partial charge is 0.137 e. The van der Waals surface area contributed by atoms with Crippen molar-refractivity contribution in [2.45, 2.75) is 113 Å². The zero-order valence-electron chi connectivity index (χ0n) is 33.6. The molecule has 3 aromatic heterocycles. The van der Waals surface area contributed by atoms with E-state index in [1.54, 1.807) is 0 Å². The molecule has 0 radical (unpaired) electrons. The second-order valence-corrected chi connectivity index (χ2v) is 17.3. The van der Waals surface area contributed by atoms with E-state index in [4.69, 9.17) is 14.8 Å². The molecule has 0 fully saturated rings. The van der Waals surface area contributed by atoms with Gasteiger partial charge < -0.3 is 4.74 Å². The molecule has 0 amide bonds. The fraction of sp³-hybridized carbons (Fsp3) is 0.417. The van der Waals surface area contributed by atoms with Crippen LogP contribution in [-0.2, 0) is 18.3 Å². The lowest BCUT2D eigenvalue weighted by Crippen LogP contribution is -2.21. The molecule has 0 unspecified atom stereocenters. The fourth-order valence-electron chi connectivity index (χ4n) is 8.87. The highest BCUT2D eigenvalue weighted by molar-refractivity contribution is 6.09. The monoisotopic (exact) mass is 706 g/mol. The number of allylic oxidation sites excluding steroid dienone is 2. The Bertz CT molecular complexity index is 2290. The number of aromatic nitrogens is 4. The van der Waals surface area contributed by atoms with E-state index in [9.17, 15) is 0 Å². The largest absolute Gasteiger partial charge is 0.457 e. The van der Waals surface area contributed by atoms with Gasteiger partial charge in [-0.2, -0.15) is 5.10 Å². The minimum absolute atomic E-state index is 0.0842. The second-order valence-electron chi connectivity index (χ2n) is 17.3. The SMILES string of the molecule is CCCCc1c([C@H]2C(C)=C[C@H](C)C[C@@H]2C)c(C)nn1-c1cc(Oc2ccc3c4ccccc4n(-c4cc(CC(C)C)ccn4)c3c2)cc(C(C)(C)C)c1. The Balaban J connectivity index is 1.35. The van der Waals surface area contributed by atoms with E-state index in [0.717, 1.165) is 65.4 Å². The van der Waals surface area contributed by atoms with Gasteiger partial charge in [0.15, 0.2) is 0 Å². The fourth-order valence-corrected chi connectivity index (χ4v) is 8.87. The summed E-state index contributed by atoms with van der Waals surface area (Å²) < 4.78 is 11.4. The van der Waals surface area contributed by atoms with Gasteiger partial charge in [-0.1, -0.05) is 91.7 Å². The number of hydrogen-bond donors (Lipinski definition) is 0. The highest BCUT2D eigenvalue weighted by Gasteiger charge is 2.32. The number of fused-ring (bicyclic) bond motifs is 3. The molecule has 5 nitrogen and oxygen atoms in total. The first-order chi connectivity index (χ1) is 25.3. The van der Waals surface area contributed by atoms with Crippen molar-refractivity contribution < 1.29 is 4.74 Å². The van der Waals surface area contributed by atoms with Gasteiger partial charge in [0.1, 0.15) is 17.3 Å². The van der Waals surface area contributed by atoms with Gasteiger partial charge >= 0.3 is 0 Å². The van der Waals surface area contributed by atoms with Crippen LogP contribution in [0.15, 0.2) is 90.6 Å². The molecule has 3 atom stereocenters. The van der Waals surface area contributed by atoms with Crippen LogP contribution in [0.3, 0.4) is 0 Å². The lowest BCUT2D eigenvalue weighted by atomic mass is 9.72. The molecule has 53 heavy (non-hydrogen) atoms. The second kappa shape index (κ2) is 14.6. The molecule has 0 N–H and O–H groups in total. The van der Waals surface area contributed by atoms with E-state index in [1.807, 2.05) is 6.20 Å². The Hall–Kier alpha value is -4.64. The van der Waals surface area contributed by atoms with Crippen molar-refractivity contribution in [3.63, 3.8) is 0 Å². The van der Waals surface area contributed by atoms with Gasteiger partial charge in [-0.25, -0.2) is 9.67 Å². The lowest BCUT2D eigenvalue weighted by molar-refractivity contribution is 0.389. The van der Waals surface area contributed by atoms with E-state index in [2.05, 4.69) is 157 Å². The number of hydrogen-bond acceptors (Lipinski definition) is 3. The third-order valence-electron chi connectivity index (χ3n) is 11.2. The number of unbranched alkanes of at least 4 members (excludes halogenated alkanes) is 1. The summed E-state index contributed by atoms with van der Waals surface area (Å²) in [4.78, 5) is 4.88. The third-order valence-corrected chi connectivity index (χ3v) is 11.2. The molecular weight excluding hydrogens is 649 g/mol. The maximum absolute atomic E-state index is 6.88. The van der Waals surface area contributed by atoms with Crippen molar-refractivity contribution in [1.82, 2.24) is 19.3 Å². The minimum Gasteiger partial charge on any atom is -0.457 e. The zero-order valence-corrected chi connectivity index (χ0v) is 33.6. The van der Waals surface area contributed by atoms with Gasteiger partial charge in [0.2, 0.25) is 0 Å². The Morgan fingerprint density at radius 3 is 2.40 bits per heavy atom. The highest BCUT2D eigenvalue weighted by atomic mass is 16.5. The maximum Gasteiger partial charge on any atom is 0.137 e. The van der Waals surface area contributed by atoms with Crippen LogP contribution < -0.4 is 4.74 Å². The normalized spacial score (nSPS) is 17.9. The van der Waals surface area contributed by atoms with Crippen molar-refractivity contribution in [2.24, 2.45) is 17.8 Å². The summed E-state index contributed by atoms with van der Waals surface area (Å²) in [5.41, 5.74) is 11.1. The van der Waals surface area contributed by atoms with Gasteiger partial charge in [-0.15, -0.1) is 0 Å². The summed E-state index contributed by atoms with van der Waals surface area (Å²) in [6, 6.07) is 26.2. The summed E-state index contributed by atoms with van der Waals surface area (Å²) in [7, 11) is 0. The summed E-state index contributed by atoms with van der Waals surface area (Å²) in [5.74, 6) is 4.70. The van der Waals surface area contributed by atoms with Crippen molar-refractivity contribution in [3.05, 3.63) is 119 Å². The third kappa shape index (κ3) is 7.32. The van der Waals surface area contributed by atoms with E-state index < -0.39 is 0 Å². The molecule has 0 saturated carbocycles. The highest BCUT2D eigenvalue weighted by Crippen LogP contribution is 2.44. The van der Waals surface area contributed by atoms with E-state index in [-0.39, 0.29) is 5.41 Å². The molecule has 1 aliphatic rings. The zero-order chi connectivity index (χ0) is 37.6. The van der Waals surface area contributed by atoms with Crippen LogP contribution in [0.1, 0.15) is 116 Å². The first-order valence-corrected chi connectivity index (χ1v) is 19.9. The van der Waals surface area contributed by atoms with Crippen molar-refractivity contribution >= 4 is 21.8 Å². The van der Waals surface area contributed by atoms with E-state index in [0.29, 0.717) is 23.7 Å². The van der Waals surface area contributed by atoms with Gasteiger partial charge in [0.05, 0.1) is 22.4 Å². The number of pyridine rings is 1. The summed E-state index contributed by atoms with van der Waals surface area (Å²) in [5, 5.41) is 7.72. The molecule has 5 heteroatoms. The number of para-hydroxylation sites is 1. The summed E-state index contributed by atoms with van der Waals surface area (Å²) in [6.07, 6.45) is 9.93. The van der Waals surface area contributed by atoms with E-state index >= 15 is 0 Å². The molecular formula is C48H58N4O. The van der Waals surface area contributed by atoms with Crippen LogP contribution in [-0.4, -0.2) is 19.3 Å². The Morgan fingerprint density at radius 1 is 0.887 bits per heavy atom. The van der Waals surface area contributed by atoms with Gasteiger partial charge in [0.25, 0.3) is 0 Å². The topological polar surface area (TPSA) is 44.9 Å². The molecule has 0 bridgehead atoms. The molecule has 0 spiro atoms. The first kappa shape index (κ1) is 36.7. The van der Waals surface area contributed by atoms with Crippen molar-refractivity contribution in [3.8, 4) is 23.0 Å². The Morgan fingerprint density at radius 2 is 1.66 bits per heavy atom. The molecule has 7 rings (SSSR count). The predicted molar refractivity (Wildman–Crippen MR) is 222 cm³/mol. The van der Waals surface area contributed by atoms with Crippen LogP contribution in [0, 0.1) is 24.7 Å². The lowest BCUT2D eigenvalue weighted by Gasteiger charge is -2.32. The van der Waals surface area contributed by atoms with Crippen molar-refractivity contribution in [1.29, 1.82) is 0 Å². The van der Waals surface area contributed by atoms with Crippen LogP contribution in [0.5, 0.6) is 11.5 Å². The standard InChI is InChI=1S/C48H58N4O/c1-11-12-16-43-47(46-32(5)23-31(4)24-33(46)6)34(7)50-52(43)37-26-36(48(8,9)10)27-39(28-37)53-38-18-19-41-40-15-13-14-17-42(40)51(44(41)29-38)45-25-35(20-21-49-45)22-30(2)3/h13-15,17-21,23,25-31,33,46H,11-12,16,22,24H2,1-10H3/t31-,33-,46-/m0/s1. The summed E-state index contributed by atoms with van der Waals surface area (Å²) in [6.45, 7) is 23.0. The molecule has 0 aliphatic heterocycles. The Labute approximate surface area is 317 Å². The molecule has 276 valence electrons. The van der Waals surface area contributed by atoms with Gasteiger partial charge in [-0.05, 0) is 116 Å². The van der Waals surface area contributed by atoms with Crippen LogP contribution in [0.2, 0.25) is 0 Å². The molecule has 1 aliphatic carbocycles. The number of nitrogens with zero attached hydrogens (tertiary/aromatic N) is 4. The number of benzene rings is 3.